The normalized spacial score (nSPS) is 12.6. The molecule has 0 fully saturated rings. The molecular weight excluding hydrogens is 466 g/mol. The molecule has 1 aromatic carbocycles. The molecule has 0 amide bonds. The van der Waals surface area contributed by atoms with E-state index in [1.165, 1.54) is 0 Å². The minimum atomic E-state index is -0.602. The number of aromatic nitrogens is 2. The Hall–Kier alpha value is -2.77. The molecule has 1 atom stereocenters. The SMILES string of the molecule is C/C=C(\C=C(\C)C(=O)C(C)C)c1nc2cc(CN)ccc2n1CC.CC.CC(C)COC(=O)CC(C)O. The van der Waals surface area contributed by atoms with E-state index < -0.39 is 6.10 Å². The van der Waals surface area contributed by atoms with E-state index in [1.54, 1.807) is 6.92 Å². The number of aryl methyl sites for hydroxylation is 1. The van der Waals surface area contributed by atoms with E-state index >= 15 is 0 Å². The zero-order valence-corrected chi connectivity index (χ0v) is 24.6. The van der Waals surface area contributed by atoms with Gasteiger partial charge in [0.1, 0.15) is 5.82 Å². The fraction of sp³-hybridized carbons (Fsp3) is 0.567. The van der Waals surface area contributed by atoms with Gasteiger partial charge in [0.2, 0.25) is 0 Å². The molecule has 7 heteroatoms. The molecule has 1 aromatic heterocycles. The van der Waals surface area contributed by atoms with Crippen LogP contribution in [0.1, 0.15) is 87.0 Å². The number of aliphatic hydroxyl groups excluding tert-OH is 1. The summed E-state index contributed by atoms with van der Waals surface area (Å²) in [6.07, 6.45) is 3.44. The first kappa shape index (κ1) is 34.2. The molecule has 2 aromatic rings. The van der Waals surface area contributed by atoms with Gasteiger partial charge in [-0.25, -0.2) is 4.98 Å². The van der Waals surface area contributed by atoms with Gasteiger partial charge in [0, 0.05) is 24.6 Å². The van der Waals surface area contributed by atoms with Crippen molar-refractivity contribution in [2.45, 2.75) is 94.9 Å². The quantitative estimate of drug-likeness (QED) is 0.226. The number of Topliss-reactive ketones (excluding diaryl/α,β-unsaturated/α-hetero) is 1. The smallest absolute Gasteiger partial charge is 0.308 e. The van der Waals surface area contributed by atoms with E-state index in [9.17, 15) is 9.59 Å². The molecule has 37 heavy (non-hydrogen) atoms. The van der Waals surface area contributed by atoms with Crippen molar-refractivity contribution in [2.24, 2.45) is 17.6 Å². The maximum Gasteiger partial charge on any atom is 0.308 e. The standard InChI is InChI=1S/C20H27N3O.C8H16O3.C2H6/c1-6-16(10-14(5)19(24)13(3)4)20-22-17-11-15(12-21)8-9-18(17)23(20)7-2;1-6(2)5-11-8(10)4-7(3)9;1-2/h6,8-11,13H,7,12,21H2,1-5H3;6-7,9H,4-5H2,1-3H3;1-2H3/b14-10-,16-6+;;. The lowest BCUT2D eigenvalue weighted by atomic mass is 10.00. The average Bonchev–Trinajstić information content (AvgIpc) is 3.23. The zero-order valence-electron chi connectivity index (χ0n) is 24.6. The third-order valence-corrected chi connectivity index (χ3v) is 5.26. The van der Waals surface area contributed by atoms with Gasteiger partial charge >= 0.3 is 5.97 Å². The Kier molecular flexibility index (Phi) is 16.3. The number of hydrogen-bond acceptors (Lipinski definition) is 6. The van der Waals surface area contributed by atoms with Gasteiger partial charge in [-0.3, -0.25) is 9.59 Å². The number of esters is 1. The number of allylic oxidation sites excluding steroid dienone is 4. The number of aliphatic hydroxyl groups is 1. The lowest BCUT2D eigenvalue weighted by molar-refractivity contribution is -0.146. The van der Waals surface area contributed by atoms with E-state index in [4.69, 9.17) is 20.6 Å². The fourth-order valence-electron chi connectivity index (χ4n) is 3.44. The van der Waals surface area contributed by atoms with Crippen LogP contribution in [0.25, 0.3) is 16.6 Å². The zero-order chi connectivity index (χ0) is 28.7. The molecule has 0 aliphatic carbocycles. The van der Waals surface area contributed by atoms with E-state index in [-0.39, 0.29) is 24.1 Å². The van der Waals surface area contributed by atoms with Crippen LogP contribution >= 0.6 is 0 Å². The molecular formula is C30H49N3O4. The Morgan fingerprint density at radius 2 is 1.78 bits per heavy atom. The summed E-state index contributed by atoms with van der Waals surface area (Å²) >= 11 is 0. The fourth-order valence-corrected chi connectivity index (χ4v) is 3.44. The van der Waals surface area contributed by atoms with Crippen molar-refractivity contribution in [3.63, 3.8) is 0 Å². The number of ether oxygens (including phenoxy) is 1. The average molecular weight is 516 g/mol. The summed E-state index contributed by atoms with van der Waals surface area (Å²) in [5.74, 6) is 1.08. The van der Waals surface area contributed by atoms with Gasteiger partial charge in [-0.05, 0) is 63.0 Å². The van der Waals surface area contributed by atoms with Crippen LogP contribution in [0.2, 0.25) is 0 Å². The molecule has 0 spiro atoms. The Balaban J connectivity index is 0.000000841. The molecule has 0 saturated carbocycles. The number of carbonyl (C=O) groups excluding carboxylic acids is 2. The van der Waals surface area contributed by atoms with Gasteiger partial charge in [-0.15, -0.1) is 0 Å². The van der Waals surface area contributed by atoms with Gasteiger partial charge < -0.3 is 20.1 Å². The maximum absolute atomic E-state index is 12.2. The van der Waals surface area contributed by atoms with Crippen molar-refractivity contribution in [3.8, 4) is 0 Å². The number of nitrogens with zero attached hydrogens (tertiary/aromatic N) is 2. The second kappa shape index (κ2) is 17.6. The Morgan fingerprint density at radius 3 is 2.24 bits per heavy atom. The second-order valence-electron chi connectivity index (χ2n) is 9.43. The van der Waals surface area contributed by atoms with Gasteiger partial charge in [-0.1, -0.05) is 53.7 Å². The Labute approximate surface area is 223 Å². The van der Waals surface area contributed by atoms with Crippen molar-refractivity contribution >= 4 is 28.4 Å². The van der Waals surface area contributed by atoms with Crippen molar-refractivity contribution in [1.82, 2.24) is 9.55 Å². The Morgan fingerprint density at radius 1 is 1.16 bits per heavy atom. The number of fused-ring (bicyclic) bond motifs is 1. The molecule has 0 bridgehead atoms. The molecule has 0 radical (unpaired) electrons. The first-order valence-corrected chi connectivity index (χ1v) is 13.4. The molecule has 3 N–H and O–H groups in total. The molecule has 1 unspecified atom stereocenters. The number of benzene rings is 1. The lowest BCUT2D eigenvalue weighted by Crippen LogP contribution is -2.15. The predicted octanol–water partition coefficient (Wildman–Crippen LogP) is 6.07. The molecule has 0 aliphatic rings. The van der Waals surface area contributed by atoms with Gasteiger partial charge in [0.25, 0.3) is 0 Å². The summed E-state index contributed by atoms with van der Waals surface area (Å²) in [5.41, 5.74) is 10.6. The van der Waals surface area contributed by atoms with Crippen LogP contribution in [-0.2, 0) is 27.4 Å². The first-order valence-electron chi connectivity index (χ1n) is 13.4. The topological polar surface area (TPSA) is 107 Å². The summed E-state index contributed by atoms with van der Waals surface area (Å²) in [4.78, 5) is 27.8. The number of nitrogens with two attached hydrogens (primary N) is 1. The van der Waals surface area contributed by atoms with Gasteiger partial charge in [0.05, 0.1) is 30.2 Å². The molecule has 2 rings (SSSR count). The summed E-state index contributed by atoms with van der Waals surface area (Å²) < 4.78 is 6.99. The molecule has 208 valence electrons. The summed E-state index contributed by atoms with van der Waals surface area (Å²) in [5, 5.41) is 8.79. The van der Waals surface area contributed by atoms with Crippen LogP contribution in [0.15, 0.2) is 35.9 Å². The van der Waals surface area contributed by atoms with Crippen LogP contribution < -0.4 is 5.73 Å². The number of carbonyl (C=O) groups is 2. The molecule has 0 saturated heterocycles. The monoisotopic (exact) mass is 515 g/mol. The minimum absolute atomic E-state index is 0.00328. The van der Waals surface area contributed by atoms with Crippen LogP contribution in [-0.4, -0.2) is 39.1 Å². The number of imidazole rings is 1. The first-order chi connectivity index (χ1) is 17.4. The van der Waals surface area contributed by atoms with Crippen LogP contribution in [0, 0.1) is 11.8 Å². The summed E-state index contributed by atoms with van der Waals surface area (Å²) in [7, 11) is 0. The van der Waals surface area contributed by atoms with Crippen LogP contribution in [0.4, 0.5) is 0 Å². The Bertz CT molecular complexity index is 1050. The van der Waals surface area contributed by atoms with Crippen LogP contribution in [0.5, 0.6) is 0 Å². The highest BCUT2D eigenvalue weighted by Crippen LogP contribution is 2.25. The highest BCUT2D eigenvalue weighted by atomic mass is 16.5. The molecule has 0 aliphatic heterocycles. The predicted molar refractivity (Wildman–Crippen MR) is 154 cm³/mol. The van der Waals surface area contributed by atoms with E-state index in [0.717, 1.165) is 40.1 Å². The third kappa shape index (κ3) is 11.4. The van der Waals surface area contributed by atoms with Crippen LogP contribution in [0.3, 0.4) is 0 Å². The second-order valence-corrected chi connectivity index (χ2v) is 9.43. The number of ketones is 1. The van der Waals surface area contributed by atoms with E-state index in [2.05, 4.69) is 17.6 Å². The third-order valence-electron chi connectivity index (χ3n) is 5.26. The van der Waals surface area contributed by atoms with E-state index in [1.807, 2.05) is 79.7 Å². The van der Waals surface area contributed by atoms with Gasteiger partial charge in [0.15, 0.2) is 5.78 Å². The lowest BCUT2D eigenvalue weighted by Gasteiger charge is -2.09. The highest BCUT2D eigenvalue weighted by Gasteiger charge is 2.15. The van der Waals surface area contributed by atoms with E-state index in [0.29, 0.717) is 19.1 Å². The van der Waals surface area contributed by atoms with Crippen molar-refractivity contribution in [1.29, 1.82) is 0 Å². The van der Waals surface area contributed by atoms with Crippen molar-refractivity contribution in [2.75, 3.05) is 6.61 Å². The highest BCUT2D eigenvalue weighted by molar-refractivity contribution is 5.98. The van der Waals surface area contributed by atoms with Crippen molar-refractivity contribution < 1.29 is 19.4 Å². The largest absolute Gasteiger partial charge is 0.465 e. The van der Waals surface area contributed by atoms with Crippen molar-refractivity contribution in [3.05, 3.63) is 47.3 Å². The summed E-state index contributed by atoms with van der Waals surface area (Å²) in [6, 6.07) is 6.15. The maximum atomic E-state index is 12.2. The van der Waals surface area contributed by atoms with Gasteiger partial charge in [-0.2, -0.15) is 0 Å². The number of hydrogen-bond donors (Lipinski definition) is 2. The number of rotatable bonds is 10. The molecule has 7 nitrogen and oxygen atoms in total. The summed E-state index contributed by atoms with van der Waals surface area (Å²) in [6.45, 7) is 21.0. The minimum Gasteiger partial charge on any atom is -0.465 e. The molecule has 1 heterocycles.